The summed E-state index contributed by atoms with van der Waals surface area (Å²) in [7, 11) is 0. The van der Waals surface area contributed by atoms with Crippen LogP contribution in [-0.4, -0.2) is 21.1 Å². The topological polar surface area (TPSA) is 83.8 Å². The predicted octanol–water partition coefficient (Wildman–Crippen LogP) is 1.35. The summed E-state index contributed by atoms with van der Waals surface area (Å²) in [5, 5.41) is 7.46. The smallest absolute Gasteiger partial charge is 0.453 e. The summed E-state index contributed by atoms with van der Waals surface area (Å²) in [6.45, 7) is -0.187. The summed E-state index contributed by atoms with van der Waals surface area (Å²) in [6.07, 6.45) is -2.08. The second-order valence-electron chi connectivity index (χ2n) is 3.30. The van der Waals surface area contributed by atoms with Gasteiger partial charge < -0.3 is 9.73 Å². The number of hydrogen-bond donors (Lipinski definition) is 2. The molecule has 0 fully saturated rings. The average Bonchev–Trinajstić information content (AvgIpc) is 2.96. The second-order valence-corrected chi connectivity index (χ2v) is 3.30. The quantitative estimate of drug-likeness (QED) is 0.872. The number of aromatic amines is 1. The van der Waals surface area contributed by atoms with Crippen molar-refractivity contribution >= 4 is 5.91 Å². The molecule has 0 saturated heterocycles. The maximum absolute atomic E-state index is 12.2. The Morgan fingerprint density at radius 2 is 2.28 bits per heavy atom. The van der Waals surface area contributed by atoms with E-state index in [0.717, 1.165) is 0 Å². The molecule has 2 N–H and O–H groups in total. The van der Waals surface area contributed by atoms with Crippen LogP contribution in [0.4, 0.5) is 13.2 Å². The number of amides is 1. The van der Waals surface area contributed by atoms with Crippen LogP contribution in [0.25, 0.3) is 0 Å². The van der Waals surface area contributed by atoms with Crippen molar-refractivity contribution in [1.82, 2.24) is 20.5 Å². The van der Waals surface area contributed by atoms with E-state index in [4.69, 9.17) is 4.42 Å². The van der Waals surface area contributed by atoms with E-state index in [1.54, 1.807) is 0 Å². The number of nitrogens with one attached hydrogen (secondary N) is 2. The van der Waals surface area contributed by atoms with E-state index >= 15 is 0 Å². The van der Waals surface area contributed by atoms with Gasteiger partial charge in [0.2, 0.25) is 0 Å². The summed E-state index contributed by atoms with van der Waals surface area (Å²) in [4.78, 5) is 14.6. The van der Waals surface area contributed by atoms with E-state index in [0.29, 0.717) is 0 Å². The summed E-state index contributed by atoms with van der Waals surface area (Å²) in [5.41, 5.74) is 0.269. The second kappa shape index (κ2) is 4.51. The van der Waals surface area contributed by atoms with Crippen LogP contribution in [0.2, 0.25) is 0 Å². The molecule has 0 aliphatic heterocycles. The molecular weight excluding hydrogens is 253 g/mol. The highest BCUT2D eigenvalue weighted by Gasteiger charge is 2.35. The summed E-state index contributed by atoms with van der Waals surface area (Å²) in [5.74, 6) is -1.83. The van der Waals surface area contributed by atoms with E-state index in [9.17, 15) is 18.0 Å². The molecule has 2 rings (SSSR count). The number of rotatable bonds is 3. The fourth-order valence-electron chi connectivity index (χ4n) is 1.16. The standard InChI is InChI=1S/C9H7F3N4O2/c10-9(11,12)8-14-6(15-16-8)3-13-7(17)5-1-2-18-4-5/h1-2,4H,3H2,(H,13,17)(H,14,15,16). The molecule has 2 aromatic heterocycles. The minimum Gasteiger partial charge on any atom is -0.472 e. The molecule has 0 bridgehead atoms. The SMILES string of the molecule is O=C(NCc1nc(C(F)(F)F)n[nH]1)c1ccoc1. The lowest BCUT2D eigenvalue weighted by Crippen LogP contribution is -2.23. The van der Waals surface area contributed by atoms with Crippen molar-refractivity contribution in [2.45, 2.75) is 12.7 Å². The zero-order valence-electron chi connectivity index (χ0n) is 8.78. The van der Waals surface area contributed by atoms with Gasteiger partial charge in [-0.15, -0.1) is 5.10 Å². The predicted molar refractivity (Wildman–Crippen MR) is 51.3 cm³/mol. The molecule has 0 spiro atoms. The van der Waals surface area contributed by atoms with Crippen LogP contribution in [-0.2, 0) is 12.7 Å². The number of furan rings is 1. The van der Waals surface area contributed by atoms with Gasteiger partial charge in [0, 0.05) is 0 Å². The molecule has 96 valence electrons. The number of H-pyrrole nitrogens is 1. The van der Waals surface area contributed by atoms with Crippen molar-refractivity contribution in [3.05, 3.63) is 35.8 Å². The molecule has 18 heavy (non-hydrogen) atoms. The van der Waals surface area contributed by atoms with Gasteiger partial charge in [-0.25, -0.2) is 4.98 Å². The van der Waals surface area contributed by atoms with Crippen LogP contribution in [0.15, 0.2) is 23.0 Å². The highest BCUT2D eigenvalue weighted by Crippen LogP contribution is 2.25. The van der Waals surface area contributed by atoms with Gasteiger partial charge in [0.1, 0.15) is 12.1 Å². The molecule has 0 aliphatic carbocycles. The molecule has 0 aromatic carbocycles. The van der Waals surface area contributed by atoms with Gasteiger partial charge in [-0.3, -0.25) is 9.89 Å². The molecule has 9 heteroatoms. The Hall–Kier alpha value is -2.32. The van der Waals surface area contributed by atoms with Gasteiger partial charge in [0.15, 0.2) is 0 Å². The number of carbonyl (C=O) groups excluding carboxylic acids is 1. The minimum absolute atomic E-state index is 0.0841. The molecule has 0 radical (unpaired) electrons. The van der Waals surface area contributed by atoms with Crippen LogP contribution in [0.3, 0.4) is 0 Å². The van der Waals surface area contributed by atoms with Crippen LogP contribution in [0.5, 0.6) is 0 Å². The lowest BCUT2D eigenvalue weighted by atomic mass is 10.3. The van der Waals surface area contributed by atoms with Gasteiger partial charge in [-0.2, -0.15) is 13.2 Å². The van der Waals surface area contributed by atoms with Crippen LogP contribution < -0.4 is 5.32 Å². The van der Waals surface area contributed by atoms with Gasteiger partial charge in [-0.1, -0.05) is 0 Å². The number of hydrogen-bond acceptors (Lipinski definition) is 4. The Bertz CT molecular complexity index is 532. The minimum atomic E-state index is -4.61. The first kappa shape index (κ1) is 12.1. The third-order valence-corrected chi connectivity index (χ3v) is 1.99. The van der Waals surface area contributed by atoms with Crippen molar-refractivity contribution in [2.75, 3.05) is 0 Å². The molecule has 6 nitrogen and oxygen atoms in total. The third-order valence-electron chi connectivity index (χ3n) is 1.99. The van der Waals surface area contributed by atoms with Gasteiger partial charge >= 0.3 is 6.18 Å². The first-order valence-electron chi connectivity index (χ1n) is 4.75. The Morgan fingerprint density at radius 3 is 2.83 bits per heavy atom. The van der Waals surface area contributed by atoms with Gasteiger partial charge in [0.05, 0.1) is 18.4 Å². The Labute approximate surface area is 98.2 Å². The summed E-state index contributed by atoms with van der Waals surface area (Å²) >= 11 is 0. The van der Waals surface area contributed by atoms with Crippen molar-refractivity contribution in [2.24, 2.45) is 0 Å². The molecule has 2 aromatic rings. The number of carbonyl (C=O) groups is 1. The maximum Gasteiger partial charge on any atom is 0.453 e. The van der Waals surface area contributed by atoms with E-state index in [-0.39, 0.29) is 17.9 Å². The van der Waals surface area contributed by atoms with Crippen molar-refractivity contribution in [3.63, 3.8) is 0 Å². The molecule has 0 atom stereocenters. The number of halogens is 3. The van der Waals surface area contributed by atoms with E-state index in [1.807, 2.05) is 0 Å². The van der Waals surface area contributed by atoms with E-state index < -0.39 is 17.9 Å². The van der Waals surface area contributed by atoms with Crippen LogP contribution in [0, 0.1) is 0 Å². The lowest BCUT2D eigenvalue weighted by Gasteiger charge is -2.00. The normalized spacial score (nSPS) is 11.5. The zero-order valence-corrected chi connectivity index (χ0v) is 8.78. The zero-order chi connectivity index (χ0) is 13.2. The highest BCUT2D eigenvalue weighted by atomic mass is 19.4. The van der Waals surface area contributed by atoms with Crippen molar-refractivity contribution < 1.29 is 22.4 Å². The molecule has 0 saturated carbocycles. The first-order chi connectivity index (χ1) is 8.47. The Balaban J connectivity index is 1.95. The van der Waals surface area contributed by atoms with Crippen LogP contribution in [0.1, 0.15) is 22.0 Å². The van der Waals surface area contributed by atoms with E-state index in [1.165, 1.54) is 18.6 Å². The van der Waals surface area contributed by atoms with Crippen molar-refractivity contribution in [3.8, 4) is 0 Å². The average molecular weight is 260 g/mol. The Kier molecular flexibility index (Phi) is 3.04. The number of alkyl halides is 3. The van der Waals surface area contributed by atoms with E-state index in [2.05, 4.69) is 20.5 Å². The highest BCUT2D eigenvalue weighted by molar-refractivity contribution is 5.93. The number of aromatic nitrogens is 3. The third kappa shape index (κ3) is 2.67. The molecule has 0 aliphatic rings. The fourth-order valence-corrected chi connectivity index (χ4v) is 1.16. The summed E-state index contributed by atoms with van der Waals surface area (Å²) in [6, 6.07) is 1.43. The largest absolute Gasteiger partial charge is 0.472 e. The van der Waals surface area contributed by atoms with Crippen LogP contribution >= 0.6 is 0 Å². The first-order valence-corrected chi connectivity index (χ1v) is 4.75. The monoisotopic (exact) mass is 260 g/mol. The van der Waals surface area contributed by atoms with Gasteiger partial charge in [0.25, 0.3) is 11.7 Å². The summed E-state index contributed by atoms with van der Waals surface area (Å²) < 4.78 is 41.2. The lowest BCUT2D eigenvalue weighted by molar-refractivity contribution is -0.144. The van der Waals surface area contributed by atoms with Crippen molar-refractivity contribution in [1.29, 1.82) is 0 Å². The van der Waals surface area contributed by atoms with Gasteiger partial charge in [-0.05, 0) is 6.07 Å². The molecule has 0 unspecified atom stereocenters. The molecule has 1 amide bonds. The Morgan fingerprint density at radius 1 is 1.50 bits per heavy atom. The molecular formula is C9H7F3N4O2. The molecule has 2 heterocycles. The maximum atomic E-state index is 12.2. The fraction of sp³-hybridized carbons (Fsp3) is 0.222. The number of nitrogens with zero attached hydrogens (tertiary/aromatic N) is 2.